The summed E-state index contributed by atoms with van der Waals surface area (Å²) in [5.74, 6) is 0.633. The molecule has 1 aliphatic rings. The molecule has 1 heterocycles. The van der Waals surface area contributed by atoms with Gasteiger partial charge in [0.1, 0.15) is 0 Å². The summed E-state index contributed by atoms with van der Waals surface area (Å²) in [7, 11) is 0. The minimum Gasteiger partial charge on any atom is -0.394 e. The molecule has 1 atom stereocenters. The number of nitrogens with one attached hydrogen (secondary N) is 2. The molecule has 0 saturated heterocycles. The lowest BCUT2D eigenvalue weighted by atomic mass is 9.99. The summed E-state index contributed by atoms with van der Waals surface area (Å²) >= 11 is 0. The topological polar surface area (TPSA) is 74.2 Å². The van der Waals surface area contributed by atoms with Crippen LogP contribution in [0.2, 0.25) is 0 Å². The van der Waals surface area contributed by atoms with Crippen LogP contribution < -0.4 is 10.6 Å². The lowest BCUT2D eigenvalue weighted by Crippen LogP contribution is -2.44. The molecule has 1 fully saturated rings. The van der Waals surface area contributed by atoms with E-state index in [2.05, 4.69) is 15.6 Å². The number of aliphatic hydroxyl groups is 1. The minimum absolute atomic E-state index is 0.00938. The molecule has 1 aromatic carbocycles. The van der Waals surface area contributed by atoms with Gasteiger partial charge >= 0.3 is 6.03 Å². The van der Waals surface area contributed by atoms with Crippen molar-refractivity contribution in [2.75, 3.05) is 6.61 Å². The second kappa shape index (κ2) is 9.34. The number of carbonyl (C=O) groups excluding carboxylic acids is 1. The average molecular weight is 353 g/mol. The Morgan fingerprint density at radius 3 is 2.38 bits per heavy atom. The van der Waals surface area contributed by atoms with Crippen molar-refractivity contribution in [1.82, 2.24) is 15.6 Å². The van der Waals surface area contributed by atoms with E-state index in [4.69, 9.17) is 0 Å². The maximum absolute atomic E-state index is 12.1. The highest BCUT2D eigenvalue weighted by atomic mass is 16.3. The van der Waals surface area contributed by atoms with Crippen LogP contribution in [0.5, 0.6) is 0 Å². The second-order valence-corrected chi connectivity index (χ2v) is 7.03. The van der Waals surface area contributed by atoms with Crippen LogP contribution in [-0.2, 0) is 6.54 Å². The molecule has 1 aliphatic carbocycles. The highest BCUT2D eigenvalue weighted by Crippen LogP contribution is 2.28. The van der Waals surface area contributed by atoms with Gasteiger partial charge in [-0.1, -0.05) is 49.9 Å². The first-order valence-electron chi connectivity index (χ1n) is 9.39. The maximum atomic E-state index is 12.1. The third kappa shape index (κ3) is 5.30. The first kappa shape index (κ1) is 18.4. The molecule has 1 saturated carbocycles. The zero-order valence-corrected chi connectivity index (χ0v) is 15.0. The summed E-state index contributed by atoms with van der Waals surface area (Å²) in [6.07, 6.45) is 9.38. The molecule has 5 nitrogen and oxygen atoms in total. The molecule has 2 amide bonds. The van der Waals surface area contributed by atoms with Crippen molar-refractivity contribution < 1.29 is 9.90 Å². The van der Waals surface area contributed by atoms with Crippen LogP contribution in [0, 0.1) is 5.92 Å². The van der Waals surface area contributed by atoms with Crippen LogP contribution in [0.4, 0.5) is 4.79 Å². The molecule has 3 N–H and O–H groups in total. The largest absolute Gasteiger partial charge is 0.394 e. The van der Waals surface area contributed by atoms with Crippen molar-refractivity contribution in [3.8, 4) is 11.1 Å². The summed E-state index contributed by atoms with van der Waals surface area (Å²) in [6.45, 7) is 0.453. The Labute approximate surface area is 154 Å². The quantitative estimate of drug-likeness (QED) is 0.713. The molecule has 2 aromatic rings. The van der Waals surface area contributed by atoms with Gasteiger partial charge in [0, 0.05) is 18.9 Å². The fourth-order valence-corrected chi connectivity index (χ4v) is 3.61. The molecule has 0 aliphatic heterocycles. The van der Waals surface area contributed by atoms with E-state index in [1.165, 1.54) is 25.7 Å². The molecule has 3 rings (SSSR count). The number of nitrogens with zero attached hydrogens (tertiary/aromatic N) is 1. The van der Waals surface area contributed by atoms with Crippen LogP contribution in [0.15, 0.2) is 48.8 Å². The Balaban J connectivity index is 1.46. The molecule has 1 unspecified atom stereocenters. The zero-order chi connectivity index (χ0) is 18.2. The smallest absolute Gasteiger partial charge is 0.315 e. The lowest BCUT2D eigenvalue weighted by Gasteiger charge is -2.20. The Morgan fingerprint density at radius 2 is 1.73 bits per heavy atom. The number of aromatic nitrogens is 1. The van der Waals surface area contributed by atoms with Crippen molar-refractivity contribution in [2.45, 2.75) is 44.7 Å². The Bertz CT molecular complexity index is 682. The summed E-state index contributed by atoms with van der Waals surface area (Å²) in [5.41, 5.74) is 3.28. The van der Waals surface area contributed by atoms with Gasteiger partial charge in [0.05, 0.1) is 12.6 Å². The zero-order valence-electron chi connectivity index (χ0n) is 15.0. The third-order valence-electron chi connectivity index (χ3n) is 5.07. The van der Waals surface area contributed by atoms with Gasteiger partial charge < -0.3 is 15.7 Å². The van der Waals surface area contributed by atoms with E-state index < -0.39 is 0 Å². The van der Waals surface area contributed by atoms with Crippen molar-refractivity contribution >= 4 is 6.03 Å². The predicted octanol–water partition coefficient (Wildman–Crippen LogP) is 3.49. The first-order chi connectivity index (χ1) is 12.7. The predicted molar refractivity (Wildman–Crippen MR) is 102 cm³/mol. The van der Waals surface area contributed by atoms with E-state index in [0.29, 0.717) is 12.5 Å². The third-order valence-corrected chi connectivity index (χ3v) is 5.07. The van der Waals surface area contributed by atoms with E-state index in [-0.39, 0.29) is 18.7 Å². The fourth-order valence-electron chi connectivity index (χ4n) is 3.61. The highest BCUT2D eigenvalue weighted by molar-refractivity contribution is 5.74. The van der Waals surface area contributed by atoms with Crippen LogP contribution in [0.3, 0.4) is 0 Å². The van der Waals surface area contributed by atoms with E-state index in [9.17, 15) is 9.90 Å². The molecular weight excluding hydrogens is 326 g/mol. The van der Waals surface area contributed by atoms with Crippen molar-refractivity contribution in [3.05, 3.63) is 54.4 Å². The molecule has 5 heteroatoms. The molecule has 138 valence electrons. The Morgan fingerprint density at radius 1 is 1.08 bits per heavy atom. The number of rotatable bonds is 7. The average Bonchev–Trinajstić information content (AvgIpc) is 3.20. The van der Waals surface area contributed by atoms with Crippen LogP contribution in [-0.4, -0.2) is 28.8 Å². The van der Waals surface area contributed by atoms with Gasteiger partial charge in [-0.25, -0.2) is 4.79 Å². The van der Waals surface area contributed by atoms with E-state index >= 15 is 0 Å². The van der Waals surface area contributed by atoms with Crippen LogP contribution in [0.1, 0.15) is 37.7 Å². The van der Waals surface area contributed by atoms with Crippen molar-refractivity contribution in [1.29, 1.82) is 0 Å². The van der Waals surface area contributed by atoms with Crippen LogP contribution >= 0.6 is 0 Å². The van der Waals surface area contributed by atoms with Crippen molar-refractivity contribution in [3.63, 3.8) is 0 Å². The maximum Gasteiger partial charge on any atom is 0.315 e. The molecule has 0 spiro atoms. The first-order valence-corrected chi connectivity index (χ1v) is 9.39. The standard InChI is InChI=1S/C21H27N3O2/c25-15-20(13-16-3-1-2-4-16)24-21(26)23-14-17-5-7-18(8-6-17)19-9-11-22-12-10-19/h5-12,16,20,25H,1-4,13-15H2,(H2,23,24,26). The van der Waals surface area contributed by atoms with Gasteiger partial charge in [-0.05, 0) is 41.2 Å². The van der Waals surface area contributed by atoms with E-state index in [0.717, 1.165) is 23.1 Å². The number of amides is 2. The molecule has 0 bridgehead atoms. The van der Waals surface area contributed by atoms with Crippen molar-refractivity contribution in [2.24, 2.45) is 5.92 Å². The monoisotopic (exact) mass is 353 g/mol. The number of benzene rings is 1. The number of pyridine rings is 1. The van der Waals surface area contributed by atoms with Crippen LogP contribution in [0.25, 0.3) is 11.1 Å². The molecular formula is C21H27N3O2. The molecule has 1 aromatic heterocycles. The van der Waals surface area contributed by atoms with Gasteiger partial charge in [0.2, 0.25) is 0 Å². The SMILES string of the molecule is O=C(NCc1ccc(-c2ccncc2)cc1)NC(CO)CC1CCCC1. The van der Waals surface area contributed by atoms with Gasteiger partial charge in [-0.15, -0.1) is 0 Å². The Hall–Kier alpha value is -2.40. The van der Waals surface area contributed by atoms with Gasteiger partial charge in [-0.2, -0.15) is 0 Å². The Kier molecular flexibility index (Phi) is 6.61. The summed E-state index contributed by atoms with van der Waals surface area (Å²) < 4.78 is 0. The highest BCUT2D eigenvalue weighted by Gasteiger charge is 2.20. The van der Waals surface area contributed by atoms with Gasteiger partial charge in [-0.3, -0.25) is 4.98 Å². The summed E-state index contributed by atoms with van der Waals surface area (Å²) in [4.78, 5) is 16.1. The second-order valence-electron chi connectivity index (χ2n) is 7.03. The molecule has 0 radical (unpaired) electrons. The number of hydrogen-bond donors (Lipinski definition) is 3. The number of hydrogen-bond acceptors (Lipinski definition) is 3. The summed E-state index contributed by atoms with van der Waals surface area (Å²) in [6, 6.07) is 11.7. The lowest BCUT2D eigenvalue weighted by molar-refractivity contribution is 0.204. The van der Waals surface area contributed by atoms with E-state index in [1.54, 1.807) is 12.4 Å². The van der Waals surface area contributed by atoms with Gasteiger partial charge in [0.15, 0.2) is 0 Å². The summed E-state index contributed by atoms with van der Waals surface area (Å²) in [5, 5.41) is 15.3. The minimum atomic E-state index is -0.222. The fraction of sp³-hybridized carbons (Fsp3) is 0.429. The van der Waals surface area contributed by atoms with E-state index in [1.807, 2.05) is 36.4 Å². The number of aliphatic hydroxyl groups excluding tert-OH is 1. The number of urea groups is 1. The molecule has 26 heavy (non-hydrogen) atoms. The number of carbonyl (C=O) groups is 1. The normalized spacial score (nSPS) is 15.6. The van der Waals surface area contributed by atoms with Gasteiger partial charge in [0.25, 0.3) is 0 Å².